The van der Waals surface area contributed by atoms with Gasteiger partial charge in [-0.2, -0.15) is 0 Å². The first-order chi connectivity index (χ1) is 37.7. The monoisotopic (exact) mass is 1070 g/mol. The molecule has 0 aliphatic carbocycles. The normalized spacial score (nSPS) is 11.4. The molecule has 0 aliphatic rings. The van der Waals surface area contributed by atoms with Crippen LogP contribution < -0.4 is 10.6 Å². The molecule has 0 aliphatic heterocycles. The van der Waals surface area contributed by atoms with Crippen molar-refractivity contribution in [1.82, 2.24) is 10.6 Å². The van der Waals surface area contributed by atoms with E-state index >= 15 is 0 Å². The van der Waals surface area contributed by atoms with Crippen molar-refractivity contribution in [2.24, 2.45) is 0 Å². The van der Waals surface area contributed by atoms with E-state index in [9.17, 15) is 9.59 Å². The standard InChI is InChI=1S/C70H140N2O4/c1-3-5-7-9-11-13-15-17-19-21-23-25-27-29-31-33-35-37-39-41-43-45-47-49-51-53-55-59-63-67-75-69(73)71-65-61-57-58-62-66-72-70(74)76-68-64-60-56-54-52-50-48-46-44-42-40-38-36-34-32-30-28-26-24-22-20-18-16-14-12-10-8-6-4-2/h3-68H2,1-2H3,(H,71,73)(H,72,74). The van der Waals surface area contributed by atoms with Crippen LogP contribution in [0.15, 0.2) is 0 Å². The maximum absolute atomic E-state index is 12.0. The second kappa shape index (κ2) is 69.6. The summed E-state index contributed by atoms with van der Waals surface area (Å²) >= 11 is 0. The zero-order chi connectivity index (χ0) is 54.7. The van der Waals surface area contributed by atoms with Crippen LogP contribution in [0.1, 0.15) is 412 Å². The maximum atomic E-state index is 12.0. The molecule has 0 fully saturated rings. The van der Waals surface area contributed by atoms with Gasteiger partial charge in [-0.15, -0.1) is 0 Å². The zero-order valence-electron chi connectivity index (χ0n) is 52.3. The van der Waals surface area contributed by atoms with Crippen molar-refractivity contribution in [1.29, 1.82) is 0 Å². The van der Waals surface area contributed by atoms with Crippen molar-refractivity contribution < 1.29 is 19.1 Å². The van der Waals surface area contributed by atoms with Gasteiger partial charge in [-0.3, -0.25) is 0 Å². The highest BCUT2D eigenvalue weighted by Crippen LogP contribution is 2.19. The van der Waals surface area contributed by atoms with E-state index in [1.165, 1.54) is 347 Å². The van der Waals surface area contributed by atoms with E-state index in [0.717, 1.165) is 51.4 Å². The van der Waals surface area contributed by atoms with Crippen LogP contribution in [-0.2, 0) is 9.47 Å². The molecule has 0 radical (unpaired) electrons. The van der Waals surface area contributed by atoms with E-state index in [2.05, 4.69) is 24.5 Å². The summed E-state index contributed by atoms with van der Waals surface area (Å²) in [5.41, 5.74) is 0. The minimum Gasteiger partial charge on any atom is -0.450 e. The lowest BCUT2D eigenvalue weighted by Crippen LogP contribution is -2.26. The first kappa shape index (κ1) is 74.5. The third-order valence-electron chi connectivity index (χ3n) is 16.6. The number of rotatable bonds is 67. The summed E-state index contributed by atoms with van der Waals surface area (Å²) in [6.45, 7) is 6.94. The Balaban J connectivity index is 3.21. The smallest absolute Gasteiger partial charge is 0.407 e. The number of hydrogen-bond donors (Lipinski definition) is 2. The minimum atomic E-state index is -0.286. The Labute approximate surface area is 478 Å². The average Bonchev–Trinajstić information content (AvgIpc) is 3.42. The lowest BCUT2D eigenvalue weighted by Gasteiger charge is -2.08. The van der Waals surface area contributed by atoms with Gasteiger partial charge >= 0.3 is 12.2 Å². The van der Waals surface area contributed by atoms with E-state index < -0.39 is 0 Å². The van der Waals surface area contributed by atoms with Crippen LogP contribution in [-0.4, -0.2) is 38.5 Å². The first-order valence-electron chi connectivity index (χ1n) is 35.5. The summed E-state index contributed by atoms with van der Waals surface area (Å²) in [6.07, 6.45) is 84.8. The Kier molecular flexibility index (Phi) is 68.3. The minimum absolute atomic E-state index is 0.286. The largest absolute Gasteiger partial charge is 0.450 e. The van der Waals surface area contributed by atoms with Crippen molar-refractivity contribution in [2.45, 2.75) is 412 Å². The molecule has 0 unspecified atom stereocenters. The second-order valence-corrected chi connectivity index (χ2v) is 24.3. The number of amides is 2. The van der Waals surface area contributed by atoms with Crippen LogP contribution in [0.2, 0.25) is 0 Å². The SMILES string of the molecule is CCCCCCCCCCCCCCCCCCCCCCCCCCCCCCCOC(=O)NCCCCCCNC(=O)OCCCCCCCCCCCCCCCCCCCCCCCCCCCCCCC. The molecule has 6 nitrogen and oxygen atoms in total. The molecule has 2 amide bonds. The summed E-state index contributed by atoms with van der Waals surface area (Å²) in [6, 6.07) is 0. The van der Waals surface area contributed by atoms with Crippen molar-refractivity contribution in [3.05, 3.63) is 0 Å². The molecular formula is C70H140N2O4. The number of ether oxygens (including phenoxy) is 2. The molecule has 0 bridgehead atoms. The fourth-order valence-corrected chi connectivity index (χ4v) is 11.3. The molecule has 0 heterocycles. The van der Waals surface area contributed by atoms with Crippen molar-refractivity contribution >= 4 is 12.2 Å². The van der Waals surface area contributed by atoms with Gasteiger partial charge in [0.1, 0.15) is 0 Å². The number of alkyl carbamates (subject to hydrolysis) is 2. The first-order valence-corrected chi connectivity index (χ1v) is 35.5. The molecule has 0 saturated carbocycles. The van der Waals surface area contributed by atoms with Crippen LogP contribution >= 0.6 is 0 Å². The van der Waals surface area contributed by atoms with Crippen LogP contribution in [0.4, 0.5) is 9.59 Å². The highest BCUT2D eigenvalue weighted by Gasteiger charge is 2.04. The van der Waals surface area contributed by atoms with Gasteiger partial charge in [0.05, 0.1) is 13.2 Å². The van der Waals surface area contributed by atoms with Crippen molar-refractivity contribution in [2.75, 3.05) is 26.3 Å². The third-order valence-corrected chi connectivity index (χ3v) is 16.6. The van der Waals surface area contributed by atoms with E-state index in [-0.39, 0.29) is 12.2 Å². The molecule has 6 heteroatoms. The number of unbranched alkanes of at least 4 members (excludes halogenated alkanes) is 59. The van der Waals surface area contributed by atoms with Gasteiger partial charge in [-0.05, 0) is 25.7 Å². The Morgan fingerprint density at radius 2 is 0.329 bits per heavy atom. The number of carbonyl (C=O) groups excluding carboxylic acids is 2. The molecule has 0 rings (SSSR count). The summed E-state index contributed by atoms with van der Waals surface area (Å²) in [4.78, 5) is 24.1. The molecular weight excluding hydrogens is 933 g/mol. The highest BCUT2D eigenvalue weighted by atomic mass is 16.6. The van der Waals surface area contributed by atoms with Gasteiger partial charge in [0.2, 0.25) is 0 Å². The molecule has 0 aromatic rings. The van der Waals surface area contributed by atoms with E-state index in [0.29, 0.717) is 26.3 Å². The van der Waals surface area contributed by atoms with Crippen LogP contribution in [0, 0.1) is 0 Å². The van der Waals surface area contributed by atoms with Crippen LogP contribution in [0.5, 0.6) is 0 Å². The average molecular weight is 1070 g/mol. The fraction of sp³-hybridized carbons (Fsp3) is 0.971. The highest BCUT2D eigenvalue weighted by molar-refractivity contribution is 5.67. The molecule has 0 atom stereocenters. The number of nitrogens with one attached hydrogen (secondary N) is 2. The van der Waals surface area contributed by atoms with Gasteiger partial charge in [0.25, 0.3) is 0 Å². The Morgan fingerprint density at radius 3 is 0.487 bits per heavy atom. The molecule has 0 saturated heterocycles. The lowest BCUT2D eigenvalue weighted by molar-refractivity contribution is 0.142. The summed E-state index contributed by atoms with van der Waals surface area (Å²) < 4.78 is 10.8. The second-order valence-electron chi connectivity index (χ2n) is 24.3. The van der Waals surface area contributed by atoms with Crippen LogP contribution in [0.25, 0.3) is 0 Å². The fourth-order valence-electron chi connectivity index (χ4n) is 11.3. The summed E-state index contributed by atoms with van der Waals surface area (Å²) in [5, 5.41) is 5.78. The topological polar surface area (TPSA) is 76.7 Å². The predicted molar refractivity (Wildman–Crippen MR) is 336 cm³/mol. The van der Waals surface area contributed by atoms with Crippen molar-refractivity contribution in [3.8, 4) is 0 Å². The molecule has 76 heavy (non-hydrogen) atoms. The van der Waals surface area contributed by atoms with Gasteiger partial charge in [0, 0.05) is 13.1 Å². The number of carbonyl (C=O) groups is 2. The quantitative estimate of drug-likeness (QED) is 0.0595. The van der Waals surface area contributed by atoms with Crippen LogP contribution in [0.3, 0.4) is 0 Å². The molecule has 0 aromatic carbocycles. The van der Waals surface area contributed by atoms with Crippen molar-refractivity contribution in [3.63, 3.8) is 0 Å². The Hall–Kier alpha value is -1.46. The van der Waals surface area contributed by atoms with Gasteiger partial charge in [0.15, 0.2) is 0 Å². The third kappa shape index (κ3) is 68.6. The Morgan fingerprint density at radius 1 is 0.197 bits per heavy atom. The number of hydrogen-bond acceptors (Lipinski definition) is 4. The van der Waals surface area contributed by atoms with Gasteiger partial charge in [-0.1, -0.05) is 386 Å². The molecule has 454 valence electrons. The van der Waals surface area contributed by atoms with E-state index in [1.54, 1.807) is 0 Å². The zero-order valence-corrected chi connectivity index (χ0v) is 52.3. The summed E-state index contributed by atoms with van der Waals surface area (Å²) in [5.74, 6) is 0. The van der Waals surface area contributed by atoms with E-state index in [4.69, 9.17) is 9.47 Å². The van der Waals surface area contributed by atoms with E-state index in [1.807, 2.05) is 0 Å². The lowest BCUT2D eigenvalue weighted by atomic mass is 10.0. The molecule has 0 aromatic heterocycles. The molecule has 2 N–H and O–H groups in total. The Bertz CT molecular complexity index is 988. The van der Waals surface area contributed by atoms with Gasteiger partial charge in [-0.25, -0.2) is 9.59 Å². The maximum Gasteiger partial charge on any atom is 0.407 e. The summed E-state index contributed by atoms with van der Waals surface area (Å²) in [7, 11) is 0. The predicted octanol–water partition coefficient (Wildman–Crippen LogP) is 24.7. The van der Waals surface area contributed by atoms with Gasteiger partial charge < -0.3 is 20.1 Å². The molecule has 0 spiro atoms.